The second-order valence-electron chi connectivity index (χ2n) is 7.39. The SMILES string of the molecule is CCC(C)n1c(=N)c(S(=O)(=O)c2ccccc2)cc2c(=O)n3cc(C)ccc3nc21. The van der Waals surface area contributed by atoms with Crippen LogP contribution in [0.3, 0.4) is 0 Å². The van der Waals surface area contributed by atoms with Crippen LogP contribution in [0.25, 0.3) is 16.7 Å². The molecule has 3 heterocycles. The number of aryl methyl sites for hydroxylation is 1. The lowest BCUT2D eigenvalue weighted by Gasteiger charge is -2.19. The molecular weight excluding hydrogens is 400 g/mol. The Bertz CT molecular complexity index is 1500. The number of rotatable bonds is 4. The first-order valence-electron chi connectivity index (χ1n) is 9.68. The molecule has 1 unspecified atom stereocenters. The lowest BCUT2D eigenvalue weighted by molar-refractivity contribution is 0.508. The van der Waals surface area contributed by atoms with Crippen molar-refractivity contribution in [3.8, 4) is 0 Å². The third kappa shape index (κ3) is 3.04. The lowest BCUT2D eigenvalue weighted by Crippen LogP contribution is -2.31. The summed E-state index contributed by atoms with van der Waals surface area (Å²) < 4.78 is 29.6. The average Bonchev–Trinajstić information content (AvgIpc) is 2.74. The minimum Gasteiger partial charge on any atom is -0.307 e. The first kappa shape index (κ1) is 20.0. The van der Waals surface area contributed by atoms with Gasteiger partial charge >= 0.3 is 0 Å². The van der Waals surface area contributed by atoms with Crippen molar-refractivity contribution in [2.24, 2.45) is 0 Å². The summed E-state index contributed by atoms with van der Waals surface area (Å²) in [7, 11) is -3.99. The van der Waals surface area contributed by atoms with E-state index in [2.05, 4.69) is 4.98 Å². The fourth-order valence-corrected chi connectivity index (χ4v) is 4.92. The minimum atomic E-state index is -3.99. The highest BCUT2D eigenvalue weighted by atomic mass is 32.2. The van der Waals surface area contributed by atoms with Gasteiger partial charge in [-0.3, -0.25) is 14.6 Å². The van der Waals surface area contributed by atoms with E-state index in [0.717, 1.165) is 5.56 Å². The number of pyridine rings is 2. The molecule has 3 aromatic heterocycles. The van der Waals surface area contributed by atoms with Crippen molar-refractivity contribution in [2.75, 3.05) is 0 Å². The van der Waals surface area contributed by atoms with Crippen LogP contribution in [-0.4, -0.2) is 22.4 Å². The summed E-state index contributed by atoms with van der Waals surface area (Å²) in [5, 5.41) is 8.89. The van der Waals surface area contributed by atoms with Crippen LogP contribution in [0.5, 0.6) is 0 Å². The van der Waals surface area contributed by atoms with Gasteiger partial charge in [0.1, 0.15) is 21.7 Å². The molecule has 1 aromatic carbocycles. The van der Waals surface area contributed by atoms with Crippen molar-refractivity contribution < 1.29 is 8.42 Å². The quantitative estimate of drug-likeness (QED) is 0.511. The van der Waals surface area contributed by atoms with E-state index < -0.39 is 9.84 Å². The van der Waals surface area contributed by atoms with Crippen molar-refractivity contribution in [1.82, 2.24) is 14.0 Å². The third-order valence-corrected chi connectivity index (χ3v) is 7.12. The number of nitrogens with zero attached hydrogens (tertiary/aromatic N) is 3. The monoisotopic (exact) mass is 422 g/mol. The Morgan fingerprint density at radius 2 is 1.83 bits per heavy atom. The number of hydrogen-bond donors (Lipinski definition) is 1. The zero-order valence-corrected chi connectivity index (χ0v) is 17.8. The molecule has 0 radical (unpaired) electrons. The maximum absolute atomic E-state index is 13.3. The number of fused-ring (bicyclic) bond motifs is 2. The molecule has 7 nitrogen and oxygen atoms in total. The molecule has 1 N–H and O–H groups in total. The number of aromatic nitrogens is 3. The molecule has 0 aliphatic carbocycles. The highest BCUT2D eigenvalue weighted by Crippen LogP contribution is 2.23. The molecule has 1 atom stereocenters. The third-order valence-electron chi connectivity index (χ3n) is 5.34. The Labute approximate surface area is 173 Å². The van der Waals surface area contributed by atoms with E-state index in [9.17, 15) is 13.2 Å². The smallest absolute Gasteiger partial charge is 0.267 e. The van der Waals surface area contributed by atoms with Crippen molar-refractivity contribution in [1.29, 1.82) is 5.41 Å². The normalized spacial score (nSPS) is 13.0. The van der Waals surface area contributed by atoms with E-state index in [-0.39, 0.29) is 32.3 Å². The molecule has 0 saturated carbocycles. The topological polar surface area (TPSA) is 97.3 Å². The van der Waals surface area contributed by atoms with Gasteiger partial charge in [-0.25, -0.2) is 13.4 Å². The van der Waals surface area contributed by atoms with E-state index in [1.165, 1.54) is 22.6 Å². The van der Waals surface area contributed by atoms with E-state index in [1.807, 2.05) is 26.8 Å². The predicted molar refractivity (Wildman–Crippen MR) is 114 cm³/mol. The number of sulfone groups is 1. The fourth-order valence-electron chi connectivity index (χ4n) is 3.52. The summed E-state index contributed by atoms with van der Waals surface area (Å²) in [6.45, 7) is 5.70. The molecule has 0 aliphatic rings. The second-order valence-corrected chi connectivity index (χ2v) is 9.31. The maximum Gasteiger partial charge on any atom is 0.267 e. The van der Waals surface area contributed by atoms with Gasteiger partial charge in [0.25, 0.3) is 5.56 Å². The standard InChI is InChI=1S/C22H22N4O3S/c1-4-15(3)26-20(23)18(30(28,29)16-8-6-5-7-9-16)12-17-21(26)24-19-11-10-14(2)13-25(19)22(17)27/h5-13,15,23H,4H2,1-3H3. The van der Waals surface area contributed by atoms with Crippen LogP contribution in [0.4, 0.5) is 0 Å². The lowest BCUT2D eigenvalue weighted by atomic mass is 10.2. The van der Waals surface area contributed by atoms with Crippen LogP contribution >= 0.6 is 0 Å². The first-order valence-corrected chi connectivity index (χ1v) is 11.2. The Morgan fingerprint density at radius 3 is 2.50 bits per heavy atom. The Morgan fingerprint density at radius 1 is 1.13 bits per heavy atom. The van der Waals surface area contributed by atoms with E-state index in [0.29, 0.717) is 17.7 Å². The van der Waals surface area contributed by atoms with Crippen LogP contribution < -0.4 is 11.0 Å². The van der Waals surface area contributed by atoms with Gasteiger partial charge in [0, 0.05) is 12.2 Å². The van der Waals surface area contributed by atoms with Gasteiger partial charge in [-0.1, -0.05) is 31.2 Å². The van der Waals surface area contributed by atoms with Crippen molar-refractivity contribution in [2.45, 2.75) is 43.0 Å². The zero-order chi connectivity index (χ0) is 21.6. The summed E-state index contributed by atoms with van der Waals surface area (Å²) in [5.74, 6) is 0. The fraction of sp³-hybridized carbons (Fsp3) is 0.227. The molecule has 0 fully saturated rings. The number of hydrogen-bond acceptors (Lipinski definition) is 5. The van der Waals surface area contributed by atoms with Crippen molar-refractivity contribution >= 4 is 26.5 Å². The van der Waals surface area contributed by atoms with Gasteiger partial charge in [0.05, 0.1) is 10.3 Å². The van der Waals surface area contributed by atoms with Gasteiger partial charge in [-0.2, -0.15) is 0 Å². The maximum atomic E-state index is 13.3. The summed E-state index contributed by atoms with van der Waals surface area (Å²) in [6, 6.07) is 12.6. The highest BCUT2D eigenvalue weighted by Gasteiger charge is 2.25. The summed E-state index contributed by atoms with van der Waals surface area (Å²) in [5.41, 5.74) is 1.11. The van der Waals surface area contributed by atoms with Gasteiger partial charge in [0.2, 0.25) is 9.84 Å². The molecule has 154 valence electrons. The van der Waals surface area contributed by atoms with E-state index >= 15 is 0 Å². The Balaban J connectivity index is 2.20. The minimum absolute atomic E-state index is 0.0817. The molecule has 0 bridgehead atoms. The summed E-state index contributed by atoms with van der Waals surface area (Å²) in [6.07, 6.45) is 2.33. The van der Waals surface area contributed by atoms with Gasteiger partial charge in [-0.15, -0.1) is 0 Å². The molecule has 8 heteroatoms. The average molecular weight is 423 g/mol. The molecule has 0 saturated heterocycles. The van der Waals surface area contributed by atoms with Crippen LogP contribution in [-0.2, 0) is 9.84 Å². The van der Waals surface area contributed by atoms with Gasteiger partial charge < -0.3 is 4.57 Å². The van der Waals surface area contributed by atoms with Crippen molar-refractivity contribution in [3.05, 3.63) is 76.1 Å². The largest absolute Gasteiger partial charge is 0.307 e. The number of benzene rings is 1. The van der Waals surface area contributed by atoms with E-state index in [4.69, 9.17) is 5.41 Å². The van der Waals surface area contributed by atoms with Crippen LogP contribution in [0.1, 0.15) is 31.9 Å². The van der Waals surface area contributed by atoms with E-state index in [1.54, 1.807) is 35.0 Å². The number of nitrogens with one attached hydrogen (secondary N) is 1. The van der Waals surface area contributed by atoms with Crippen LogP contribution in [0.2, 0.25) is 0 Å². The highest BCUT2D eigenvalue weighted by molar-refractivity contribution is 7.91. The first-order chi connectivity index (χ1) is 14.3. The van der Waals surface area contributed by atoms with Crippen LogP contribution in [0, 0.1) is 12.3 Å². The molecule has 0 aliphatic heterocycles. The molecule has 0 amide bonds. The summed E-state index contributed by atoms with van der Waals surface area (Å²) in [4.78, 5) is 17.8. The van der Waals surface area contributed by atoms with Crippen LogP contribution in [0.15, 0.2) is 69.3 Å². The molecule has 30 heavy (non-hydrogen) atoms. The Hall–Kier alpha value is -3.26. The van der Waals surface area contributed by atoms with Gasteiger partial charge in [0.15, 0.2) is 0 Å². The molecule has 4 aromatic rings. The summed E-state index contributed by atoms with van der Waals surface area (Å²) >= 11 is 0. The molecular formula is C22H22N4O3S. The predicted octanol–water partition coefficient (Wildman–Crippen LogP) is 3.24. The second kappa shape index (κ2) is 7.21. The van der Waals surface area contributed by atoms with Crippen molar-refractivity contribution in [3.63, 3.8) is 0 Å². The zero-order valence-electron chi connectivity index (χ0n) is 17.0. The van der Waals surface area contributed by atoms with Gasteiger partial charge in [-0.05, 0) is 50.1 Å². The Kier molecular flexibility index (Phi) is 4.82. The molecule has 4 rings (SSSR count). The molecule has 0 spiro atoms.